The van der Waals surface area contributed by atoms with Gasteiger partial charge in [-0.25, -0.2) is 4.98 Å². The molecule has 0 spiro atoms. The summed E-state index contributed by atoms with van der Waals surface area (Å²) in [5, 5.41) is 3.40. The van der Waals surface area contributed by atoms with E-state index in [1.807, 2.05) is 18.2 Å². The Morgan fingerprint density at radius 3 is 2.71 bits per heavy atom. The first-order chi connectivity index (χ1) is 11.7. The van der Waals surface area contributed by atoms with Gasteiger partial charge in [-0.15, -0.1) is 0 Å². The summed E-state index contributed by atoms with van der Waals surface area (Å²) < 4.78 is 0. The normalized spacial score (nSPS) is 15.2. The molecule has 1 saturated heterocycles. The van der Waals surface area contributed by atoms with Gasteiger partial charge in [0.15, 0.2) is 0 Å². The average Bonchev–Trinajstić information content (AvgIpc) is 2.58. The molecule has 1 N–H and O–H groups in total. The lowest BCUT2D eigenvalue weighted by Crippen LogP contribution is -2.29. The second-order valence-electron chi connectivity index (χ2n) is 6.25. The van der Waals surface area contributed by atoms with Crippen LogP contribution in [0.25, 0.3) is 0 Å². The molecule has 1 aromatic carbocycles. The maximum absolute atomic E-state index is 12.2. The number of nitrogens with one attached hydrogen (secondary N) is 1. The van der Waals surface area contributed by atoms with E-state index in [9.17, 15) is 4.79 Å². The molecule has 0 atom stereocenters. The average molecular weight is 344 g/mol. The summed E-state index contributed by atoms with van der Waals surface area (Å²) in [4.78, 5) is 18.7. The van der Waals surface area contributed by atoms with Crippen LogP contribution < -0.4 is 5.32 Å². The van der Waals surface area contributed by atoms with Gasteiger partial charge < -0.3 is 5.32 Å². The molecule has 5 heteroatoms. The van der Waals surface area contributed by atoms with Crippen molar-refractivity contribution in [3.05, 3.63) is 58.9 Å². The van der Waals surface area contributed by atoms with Crippen molar-refractivity contribution < 1.29 is 4.79 Å². The Balaban J connectivity index is 1.57. The van der Waals surface area contributed by atoms with Gasteiger partial charge in [-0.3, -0.25) is 9.69 Å². The Hall–Kier alpha value is -1.91. The van der Waals surface area contributed by atoms with Crippen LogP contribution in [0.5, 0.6) is 0 Å². The van der Waals surface area contributed by atoms with Gasteiger partial charge in [0.05, 0.1) is 6.42 Å². The first-order valence-corrected chi connectivity index (χ1v) is 8.78. The second-order valence-corrected chi connectivity index (χ2v) is 6.64. The van der Waals surface area contributed by atoms with Crippen LogP contribution in [0.15, 0.2) is 42.6 Å². The van der Waals surface area contributed by atoms with Gasteiger partial charge in [0.25, 0.3) is 0 Å². The van der Waals surface area contributed by atoms with Gasteiger partial charge in [0.1, 0.15) is 5.15 Å². The highest BCUT2D eigenvalue weighted by Crippen LogP contribution is 2.16. The minimum absolute atomic E-state index is 0.0470. The summed E-state index contributed by atoms with van der Waals surface area (Å²) in [6, 6.07) is 11.6. The van der Waals surface area contributed by atoms with Gasteiger partial charge >= 0.3 is 0 Å². The predicted octanol–water partition coefficient (Wildman–Crippen LogP) is 3.90. The Labute approximate surface area is 147 Å². The van der Waals surface area contributed by atoms with Crippen molar-refractivity contribution in [3.8, 4) is 0 Å². The Kier molecular flexibility index (Phi) is 5.83. The third-order valence-electron chi connectivity index (χ3n) is 4.22. The Morgan fingerprint density at radius 2 is 1.96 bits per heavy atom. The number of likely N-dealkylation sites (tertiary alicyclic amines) is 1. The fourth-order valence-corrected chi connectivity index (χ4v) is 3.14. The topological polar surface area (TPSA) is 45.2 Å². The number of piperidine rings is 1. The molecule has 0 aliphatic carbocycles. The molecule has 1 aliphatic heterocycles. The monoisotopic (exact) mass is 343 g/mol. The number of hydrogen-bond donors (Lipinski definition) is 1. The van der Waals surface area contributed by atoms with Gasteiger partial charge in [-0.2, -0.15) is 0 Å². The highest BCUT2D eigenvalue weighted by molar-refractivity contribution is 6.29. The summed E-state index contributed by atoms with van der Waals surface area (Å²) in [5.41, 5.74) is 2.93. The lowest BCUT2D eigenvalue weighted by atomic mass is 10.1. The highest BCUT2D eigenvalue weighted by Gasteiger charge is 2.11. The summed E-state index contributed by atoms with van der Waals surface area (Å²) in [6.07, 6.45) is 5.83. The van der Waals surface area contributed by atoms with Crippen LogP contribution in [0.1, 0.15) is 30.4 Å². The number of pyridine rings is 1. The Morgan fingerprint density at radius 1 is 1.12 bits per heavy atom. The second kappa shape index (κ2) is 8.27. The van der Waals surface area contributed by atoms with Gasteiger partial charge in [-0.1, -0.05) is 36.2 Å². The number of carbonyl (C=O) groups excluding carboxylic acids is 1. The lowest BCUT2D eigenvalue weighted by Gasteiger charge is -2.26. The van der Waals surface area contributed by atoms with Crippen molar-refractivity contribution in [2.75, 3.05) is 18.4 Å². The molecule has 0 unspecified atom stereocenters. The van der Waals surface area contributed by atoms with Crippen LogP contribution in [0.4, 0.5) is 5.69 Å². The van der Waals surface area contributed by atoms with E-state index >= 15 is 0 Å². The third-order valence-corrected chi connectivity index (χ3v) is 4.44. The van der Waals surface area contributed by atoms with E-state index in [2.05, 4.69) is 27.3 Å². The first kappa shape index (κ1) is 16.9. The van der Waals surface area contributed by atoms with Gasteiger partial charge in [-0.05, 0) is 55.3 Å². The molecule has 4 nitrogen and oxygen atoms in total. The predicted molar refractivity (Wildman–Crippen MR) is 97.2 cm³/mol. The smallest absolute Gasteiger partial charge is 0.228 e. The fraction of sp³-hybridized carbons (Fsp3) is 0.368. The zero-order valence-electron chi connectivity index (χ0n) is 13.7. The number of rotatable bonds is 5. The molecule has 126 valence electrons. The van der Waals surface area contributed by atoms with E-state index in [1.54, 1.807) is 12.3 Å². The number of halogens is 1. The number of anilines is 1. The van der Waals surface area contributed by atoms with E-state index in [0.29, 0.717) is 11.6 Å². The van der Waals surface area contributed by atoms with Crippen LogP contribution >= 0.6 is 11.6 Å². The number of aromatic nitrogens is 1. The van der Waals surface area contributed by atoms with Crippen molar-refractivity contribution in [3.63, 3.8) is 0 Å². The number of benzene rings is 1. The zero-order valence-corrected chi connectivity index (χ0v) is 14.4. The van der Waals surface area contributed by atoms with Crippen LogP contribution in [0, 0.1) is 0 Å². The largest absolute Gasteiger partial charge is 0.326 e. The van der Waals surface area contributed by atoms with Gasteiger partial charge in [0.2, 0.25) is 5.91 Å². The molecule has 1 aliphatic rings. The maximum atomic E-state index is 12.2. The molecule has 2 aromatic rings. The van der Waals surface area contributed by atoms with Crippen molar-refractivity contribution in [1.29, 1.82) is 0 Å². The molecule has 24 heavy (non-hydrogen) atoms. The minimum atomic E-state index is -0.0470. The molecule has 2 heterocycles. The van der Waals surface area contributed by atoms with Crippen LogP contribution in [0.2, 0.25) is 5.15 Å². The summed E-state index contributed by atoms with van der Waals surface area (Å²) in [6.45, 7) is 3.28. The Bertz CT molecular complexity index is 681. The van der Waals surface area contributed by atoms with Crippen LogP contribution in [-0.2, 0) is 17.8 Å². The minimum Gasteiger partial charge on any atom is -0.326 e. The van der Waals surface area contributed by atoms with E-state index in [1.165, 1.54) is 37.9 Å². The molecule has 0 bridgehead atoms. The van der Waals surface area contributed by atoms with E-state index in [0.717, 1.165) is 17.8 Å². The summed E-state index contributed by atoms with van der Waals surface area (Å²) in [7, 11) is 0. The molecule has 3 rings (SSSR count). The number of amides is 1. The van der Waals surface area contributed by atoms with Gasteiger partial charge in [0, 0.05) is 18.4 Å². The van der Waals surface area contributed by atoms with E-state index in [4.69, 9.17) is 11.6 Å². The molecule has 0 saturated carbocycles. The maximum Gasteiger partial charge on any atom is 0.228 e. The lowest BCUT2D eigenvalue weighted by molar-refractivity contribution is -0.115. The highest BCUT2D eigenvalue weighted by atomic mass is 35.5. The molecular weight excluding hydrogens is 322 g/mol. The molecule has 1 aromatic heterocycles. The standard InChI is InChI=1S/C19H22ClN3O/c20-18-8-7-15(13-21-18)12-19(24)22-17-6-4-5-16(11-17)14-23-9-2-1-3-10-23/h4-8,11,13H,1-3,9-10,12,14H2,(H,22,24). The van der Waals surface area contributed by atoms with E-state index in [-0.39, 0.29) is 5.91 Å². The molecule has 1 fully saturated rings. The van der Waals surface area contributed by atoms with Crippen molar-refractivity contribution in [1.82, 2.24) is 9.88 Å². The van der Waals surface area contributed by atoms with Crippen molar-refractivity contribution in [2.24, 2.45) is 0 Å². The molecule has 1 amide bonds. The number of hydrogen-bond acceptors (Lipinski definition) is 3. The fourth-order valence-electron chi connectivity index (χ4n) is 3.02. The number of nitrogens with zero attached hydrogens (tertiary/aromatic N) is 2. The zero-order chi connectivity index (χ0) is 16.8. The molecular formula is C19H22ClN3O. The summed E-state index contributed by atoms with van der Waals surface area (Å²) >= 11 is 5.76. The SMILES string of the molecule is O=C(Cc1ccc(Cl)nc1)Nc1cccc(CN2CCCCC2)c1. The molecule has 0 radical (unpaired) electrons. The van der Waals surface area contributed by atoms with Crippen LogP contribution in [-0.4, -0.2) is 28.9 Å². The van der Waals surface area contributed by atoms with Crippen LogP contribution in [0.3, 0.4) is 0 Å². The number of carbonyl (C=O) groups is 1. The summed E-state index contributed by atoms with van der Waals surface area (Å²) in [5.74, 6) is -0.0470. The quantitative estimate of drug-likeness (QED) is 0.837. The van der Waals surface area contributed by atoms with E-state index < -0.39 is 0 Å². The first-order valence-electron chi connectivity index (χ1n) is 8.40. The third kappa shape index (κ3) is 5.05. The van der Waals surface area contributed by atoms with Crippen molar-refractivity contribution >= 4 is 23.2 Å². The van der Waals surface area contributed by atoms with Crippen molar-refractivity contribution in [2.45, 2.75) is 32.2 Å².